The molecule has 0 saturated heterocycles. The normalized spacial score (nSPS) is 10.7. The van der Waals surface area contributed by atoms with Crippen LogP contribution in [0.3, 0.4) is 0 Å². The third-order valence-corrected chi connectivity index (χ3v) is 7.96. The Kier molecular flexibility index (Phi) is 9.88. The van der Waals surface area contributed by atoms with E-state index in [0.29, 0.717) is 59.0 Å². The number of benzene rings is 4. The molecular formula is C42H34N6O3. The number of amidine groups is 2. The van der Waals surface area contributed by atoms with Crippen molar-refractivity contribution in [3.05, 3.63) is 181 Å². The highest BCUT2D eigenvalue weighted by Gasteiger charge is 2.18. The quantitative estimate of drug-likeness (QED) is 0.0753. The van der Waals surface area contributed by atoms with Crippen molar-refractivity contribution in [2.75, 3.05) is 10.6 Å². The molecule has 3 aromatic heterocycles. The number of aromatic nitrogens is 2. The molecule has 4 N–H and O–H groups in total. The number of pyridine rings is 2. The van der Waals surface area contributed by atoms with Gasteiger partial charge in [0.15, 0.2) is 0 Å². The number of anilines is 2. The Morgan fingerprint density at radius 2 is 0.941 bits per heavy atom. The Bertz CT molecular complexity index is 2080. The van der Waals surface area contributed by atoms with E-state index in [2.05, 4.69) is 20.6 Å². The first kappa shape index (κ1) is 32.5. The zero-order valence-electron chi connectivity index (χ0n) is 27.5. The molecule has 0 aliphatic rings. The molecule has 0 spiro atoms. The summed E-state index contributed by atoms with van der Waals surface area (Å²) in [4.78, 5) is 8.56. The average molecular weight is 671 g/mol. The van der Waals surface area contributed by atoms with Crippen molar-refractivity contribution in [2.24, 2.45) is 0 Å². The second kappa shape index (κ2) is 15.5. The van der Waals surface area contributed by atoms with Crippen LogP contribution in [0.2, 0.25) is 0 Å². The summed E-state index contributed by atoms with van der Waals surface area (Å²) in [5, 5.41) is 23.3. The minimum absolute atomic E-state index is 0.175. The molecule has 9 heteroatoms. The molecule has 0 unspecified atom stereocenters. The van der Waals surface area contributed by atoms with Crippen LogP contribution in [0.5, 0.6) is 11.5 Å². The molecule has 0 fully saturated rings. The van der Waals surface area contributed by atoms with E-state index in [9.17, 15) is 0 Å². The fraction of sp³-hybridized carbons (Fsp3) is 0.0476. The molecule has 7 aromatic rings. The molecule has 0 atom stereocenters. The summed E-state index contributed by atoms with van der Waals surface area (Å²) in [5.41, 5.74) is 5.97. The van der Waals surface area contributed by atoms with E-state index >= 15 is 0 Å². The third-order valence-electron chi connectivity index (χ3n) is 7.96. The maximum absolute atomic E-state index is 8.53. The Balaban J connectivity index is 1.19. The maximum Gasteiger partial charge on any atom is 0.148 e. The minimum Gasteiger partial charge on any atom is -0.488 e. The lowest BCUT2D eigenvalue weighted by Gasteiger charge is -2.15. The van der Waals surface area contributed by atoms with Crippen LogP contribution >= 0.6 is 0 Å². The molecule has 0 amide bonds. The van der Waals surface area contributed by atoms with Gasteiger partial charge in [0, 0.05) is 35.9 Å². The number of hydrogen-bond donors (Lipinski definition) is 4. The lowest BCUT2D eigenvalue weighted by atomic mass is 10.1. The van der Waals surface area contributed by atoms with Gasteiger partial charge in [0.25, 0.3) is 0 Å². The summed E-state index contributed by atoms with van der Waals surface area (Å²) in [6, 6.07) is 45.9. The van der Waals surface area contributed by atoms with Crippen molar-refractivity contribution < 1.29 is 13.9 Å². The van der Waals surface area contributed by atoms with Crippen molar-refractivity contribution >= 4 is 23.0 Å². The van der Waals surface area contributed by atoms with Crippen molar-refractivity contribution in [1.29, 1.82) is 10.8 Å². The van der Waals surface area contributed by atoms with Crippen LogP contribution in [-0.2, 0) is 13.2 Å². The average Bonchev–Trinajstić information content (AvgIpc) is 3.68. The smallest absolute Gasteiger partial charge is 0.148 e. The lowest BCUT2D eigenvalue weighted by molar-refractivity contribution is 0.306. The first-order chi connectivity index (χ1) is 25.1. The molecule has 0 saturated carbocycles. The summed E-state index contributed by atoms with van der Waals surface area (Å²) < 4.78 is 19.3. The SMILES string of the molecule is N=C(Nc1ccc(-c2ccc(-c3ccc(NC(=N)c4ccccn4)cc3OCc3ccccc3)o2)c(OCc2ccccc2)c1)c1ccccn1. The highest BCUT2D eigenvalue weighted by Crippen LogP contribution is 2.40. The Hall–Kier alpha value is -7.00. The monoisotopic (exact) mass is 670 g/mol. The Labute approximate surface area is 295 Å². The highest BCUT2D eigenvalue weighted by molar-refractivity contribution is 6.05. The van der Waals surface area contributed by atoms with Gasteiger partial charge in [0.2, 0.25) is 0 Å². The van der Waals surface area contributed by atoms with Gasteiger partial charge >= 0.3 is 0 Å². The van der Waals surface area contributed by atoms with Crippen LogP contribution in [0, 0.1) is 10.8 Å². The Morgan fingerprint density at radius 1 is 0.510 bits per heavy atom. The van der Waals surface area contributed by atoms with E-state index in [-0.39, 0.29) is 11.7 Å². The summed E-state index contributed by atoms with van der Waals surface area (Å²) >= 11 is 0. The van der Waals surface area contributed by atoms with E-state index in [0.717, 1.165) is 22.3 Å². The van der Waals surface area contributed by atoms with E-state index in [1.54, 1.807) is 24.5 Å². The molecular weight excluding hydrogens is 637 g/mol. The van der Waals surface area contributed by atoms with Crippen LogP contribution in [0.25, 0.3) is 22.6 Å². The number of nitrogens with one attached hydrogen (secondary N) is 4. The first-order valence-corrected chi connectivity index (χ1v) is 16.4. The predicted molar refractivity (Wildman–Crippen MR) is 201 cm³/mol. The summed E-state index contributed by atoms with van der Waals surface area (Å²) in [6.07, 6.45) is 3.32. The molecule has 3 heterocycles. The number of furan rings is 1. The van der Waals surface area contributed by atoms with Crippen LogP contribution in [0.15, 0.2) is 162 Å². The summed E-state index contributed by atoms with van der Waals surface area (Å²) in [7, 11) is 0. The van der Waals surface area contributed by atoms with E-state index in [1.165, 1.54) is 0 Å². The van der Waals surface area contributed by atoms with Gasteiger partial charge < -0.3 is 24.5 Å². The standard InChI is InChI=1S/C42H34N6O3/c43-41(35-15-7-9-23-45-35)47-31-17-19-33(39(25-31)49-27-29-11-3-1-4-12-29)37-21-22-38(51-37)34-20-18-32(48-42(44)36-16-8-10-24-46-36)26-40(34)50-28-30-13-5-2-6-14-30/h1-26H,27-28H2,(H2,43,47)(H2,44,48). The summed E-state index contributed by atoms with van der Waals surface area (Å²) in [5.74, 6) is 2.74. The molecule has 51 heavy (non-hydrogen) atoms. The van der Waals surface area contributed by atoms with Crippen molar-refractivity contribution in [3.63, 3.8) is 0 Å². The molecule has 0 bridgehead atoms. The topological polar surface area (TPSA) is 129 Å². The summed E-state index contributed by atoms with van der Waals surface area (Å²) in [6.45, 7) is 0.698. The maximum atomic E-state index is 8.53. The van der Waals surface area contributed by atoms with Crippen LogP contribution in [0.1, 0.15) is 22.5 Å². The minimum atomic E-state index is 0.175. The largest absolute Gasteiger partial charge is 0.488 e. The van der Waals surface area contributed by atoms with Gasteiger partial charge in [-0.05, 0) is 71.8 Å². The first-order valence-electron chi connectivity index (χ1n) is 16.4. The molecule has 0 radical (unpaired) electrons. The molecule has 4 aromatic carbocycles. The zero-order valence-corrected chi connectivity index (χ0v) is 27.5. The highest BCUT2D eigenvalue weighted by atomic mass is 16.5. The van der Waals surface area contributed by atoms with E-state index in [4.69, 9.17) is 24.7 Å². The molecule has 9 nitrogen and oxygen atoms in total. The van der Waals surface area contributed by atoms with Gasteiger partial charge in [0.1, 0.15) is 59.3 Å². The number of ether oxygens (including phenoxy) is 2. The number of hydrogen-bond acceptors (Lipinski definition) is 7. The van der Waals surface area contributed by atoms with Crippen molar-refractivity contribution in [1.82, 2.24) is 9.97 Å². The van der Waals surface area contributed by atoms with Gasteiger partial charge in [-0.15, -0.1) is 0 Å². The van der Waals surface area contributed by atoms with Crippen LogP contribution in [-0.4, -0.2) is 21.6 Å². The van der Waals surface area contributed by atoms with Gasteiger partial charge in [0.05, 0.1) is 11.1 Å². The second-order valence-corrected chi connectivity index (χ2v) is 11.6. The molecule has 250 valence electrons. The third kappa shape index (κ3) is 8.18. The molecule has 0 aliphatic carbocycles. The van der Waals surface area contributed by atoms with Crippen molar-refractivity contribution in [2.45, 2.75) is 13.2 Å². The van der Waals surface area contributed by atoms with Gasteiger partial charge in [-0.2, -0.15) is 0 Å². The molecule has 0 aliphatic heterocycles. The second-order valence-electron chi connectivity index (χ2n) is 11.6. The number of nitrogens with zero attached hydrogens (tertiary/aromatic N) is 2. The van der Waals surface area contributed by atoms with E-state index < -0.39 is 0 Å². The van der Waals surface area contributed by atoms with Gasteiger partial charge in [-0.1, -0.05) is 72.8 Å². The van der Waals surface area contributed by atoms with E-state index in [1.807, 2.05) is 133 Å². The number of rotatable bonds is 12. The predicted octanol–water partition coefficient (Wildman–Crippen LogP) is 9.44. The van der Waals surface area contributed by atoms with Crippen LogP contribution in [0.4, 0.5) is 11.4 Å². The van der Waals surface area contributed by atoms with Crippen molar-refractivity contribution in [3.8, 4) is 34.1 Å². The zero-order chi connectivity index (χ0) is 34.8. The lowest BCUT2D eigenvalue weighted by Crippen LogP contribution is -2.13. The molecule has 7 rings (SSSR count). The van der Waals surface area contributed by atoms with Crippen LogP contribution < -0.4 is 20.1 Å². The fourth-order valence-corrected chi connectivity index (χ4v) is 5.38. The van der Waals surface area contributed by atoms with Gasteiger partial charge in [-0.25, -0.2) is 0 Å². The van der Waals surface area contributed by atoms with Gasteiger partial charge in [-0.3, -0.25) is 20.8 Å². The fourth-order valence-electron chi connectivity index (χ4n) is 5.38. The Morgan fingerprint density at radius 3 is 1.35 bits per heavy atom.